The van der Waals surface area contributed by atoms with Crippen LogP contribution >= 0.6 is 0 Å². The number of carbonyl (C=O) groups is 1. The molecule has 0 radical (unpaired) electrons. The fourth-order valence-electron chi connectivity index (χ4n) is 2.34. The molecule has 0 atom stereocenters. The van der Waals surface area contributed by atoms with Gasteiger partial charge in [-0.2, -0.15) is 5.26 Å². The Hall–Kier alpha value is -3.32. The third-order valence-corrected chi connectivity index (χ3v) is 3.41. The van der Waals surface area contributed by atoms with Gasteiger partial charge in [-0.25, -0.2) is 4.79 Å². The highest BCUT2D eigenvalue weighted by molar-refractivity contribution is 6.05. The van der Waals surface area contributed by atoms with Crippen LogP contribution in [0.2, 0.25) is 0 Å². The monoisotopic (exact) mass is 333 g/mol. The van der Waals surface area contributed by atoms with E-state index in [1.165, 1.54) is 0 Å². The molecule has 0 aliphatic rings. The minimum absolute atomic E-state index is 0.0205. The lowest BCUT2D eigenvalue weighted by Gasteiger charge is -2.12. The van der Waals surface area contributed by atoms with E-state index in [9.17, 15) is 10.1 Å². The second-order valence-corrected chi connectivity index (χ2v) is 5.07. The molecule has 0 saturated heterocycles. The Kier molecular flexibility index (Phi) is 6.56. The molecule has 0 aliphatic heterocycles. The van der Waals surface area contributed by atoms with Crippen molar-refractivity contribution in [3.05, 3.63) is 84.0 Å². The lowest BCUT2D eigenvalue weighted by molar-refractivity contribution is -0.137. The van der Waals surface area contributed by atoms with Gasteiger partial charge in [0.05, 0.1) is 6.61 Å². The summed E-state index contributed by atoms with van der Waals surface area (Å²) in [4.78, 5) is 12.2. The van der Waals surface area contributed by atoms with Crippen LogP contribution in [0, 0.1) is 11.3 Å². The van der Waals surface area contributed by atoms with Gasteiger partial charge in [0.15, 0.2) is 0 Å². The van der Waals surface area contributed by atoms with E-state index in [4.69, 9.17) is 9.47 Å². The smallest absolute Gasteiger partial charge is 0.349 e. The Balaban J connectivity index is 2.54. The molecule has 4 heteroatoms. The van der Waals surface area contributed by atoms with Crippen molar-refractivity contribution >= 4 is 11.5 Å². The van der Waals surface area contributed by atoms with E-state index in [1.54, 1.807) is 25.1 Å². The summed E-state index contributed by atoms with van der Waals surface area (Å²) in [5.74, 6) is 0.0570. The van der Waals surface area contributed by atoms with Gasteiger partial charge in [-0.15, -0.1) is 0 Å². The van der Waals surface area contributed by atoms with Gasteiger partial charge in [-0.3, -0.25) is 0 Å². The van der Waals surface area contributed by atoms with Crippen molar-refractivity contribution < 1.29 is 14.3 Å². The predicted molar refractivity (Wildman–Crippen MR) is 96.8 cm³/mol. The van der Waals surface area contributed by atoms with Crippen LogP contribution in [0.25, 0.3) is 5.57 Å². The van der Waals surface area contributed by atoms with Crippen LogP contribution in [-0.4, -0.2) is 19.2 Å². The first kappa shape index (κ1) is 18.0. The van der Waals surface area contributed by atoms with Crippen LogP contribution in [-0.2, 0) is 9.53 Å². The Labute approximate surface area is 147 Å². The average molecular weight is 333 g/mol. The average Bonchev–Trinajstić information content (AvgIpc) is 2.65. The van der Waals surface area contributed by atoms with Crippen LogP contribution < -0.4 is 4.74 Å². The molecular weight excluding hydrogens is 314 g/mol. The maximum Gasteiger partial charge on any atom is 0.349 e. The number of hydrogen-bond donors (Lipinski definition) is 0. The molecule has 0 spiro atoms. The number of ether oxygens (including phenoxy) is 2. The lowest BCUT2D eigenvalue weighted by Crippen LogP contribution is -2.09. The molecule has 0 N–H and O–H groups in total. The summed E-state index contributed by atoms with van der Waals surface area (Å²) in [6.45, 7) is 5.94. The second-order valence-electron chi connectivity index (χ2n) is 5.07. The second kappa shape index (κ2) is 9.09. The third kappa shape index (κ3) is 4.58. The normalized spacial score (nSPS) is 11.0. The number of carbonyl (C=O) groups excluding carboxylic acids is 1. The quantitative estimate of drug-likeness (QED) is 0.331. The number of hydrogen-bond acceptors (Lipinski definition) is 4. The molecule has 2 aromatic rings. The molecule has 0 aromatic heterocycles. The standard InChI is InChI=1S/C21H19NO3/c1-3-14-25-18-12-10-17(11-13-18)20(16-8-6-5-7-9-16)19(15-22)21(23)24-4-2/h3,5-13H,1,4,14H2,2H3. The fraction of sp³-hybridized carbons (Fsp3) is 0.143. The third-order valence-electron chi connectivity index (χ3n) is 3.41. The lowest BCUT2D eigenvalue weighted by atomic mass is 9.93. The Bertz CT molecular complexity index is 799. The van der Waals surface area contributed by atoms with Gasteiger partial charge in [-0.1, -0.05) is 55.1 Å². The summed E-state index contributed by atoms with van der Waals surface area (Å²) in [6, 6.07) is 18.5. The van der Waals surface area contributed by atoms with Crippen LogP contribution in [0.1, 0.15) is 18.1 Å². The van der Waals surface area contributed by atoms with E-state index in [0.29, 0.717) is 17.9 Å². The zero-order valence-corrected chi connectivity index (χ0v) is 14.1. The predicted octanol–water partition coefficient (Wildman–Crippen LogP) is 4.14. The van der Waals surface area contributed by atoms with Crippen molar-refractivity contribution in [3.8, 4) is 11.8 Å². The van der Waals surface area contributed by atoms with Crippen LogP contribution in [0.4, 0.5) is 0 Å². The molecule has 0 amide bonds. The molecule has 0 aliphatic carbocycles. The van der Waals surface area contributed by atoms with Crippen LogP contribution in [0.3, 0.4) is 0 Å². The topological polar surface area (TPSA) is 59.3 Å². The maximum absolute atomic E-state index is 12.2. The van der Waals surface area contributed by atoms with Gasteiger partial charge in [0.1, 0.15) is 24.0 Å². The Morgan fingerprint density at radius 3 is 2.32 bits per heavy atom. The molecule has 25 heavy (non-hydrogen) atoms. The van der Waals surface area contributed by atoms with Crippen molar-refractivity contribution in [1.82, 2.24) is 0 Å². The van der Waals surface area contributed by atoms with Gasteiger partial charge in [-0.05, 0) is 30.2 Å². The summed E-state index contributed by atoms with van der Waals surface area (Å²) in [5.41, 5.74) is 2.03. The molecule has 0 fully saturated rings. The van der Waals surface area contributed by atoms with Crippen molar-refractivity contribution in [2.75, 3.05) is 13.2 Å². The summed E-state index contributed by atoms with van der Waals surface area (Å²) < 4.78 is 10.5. The highest BCUT2D eigenvalue weighted by Gasteiger charge is 2.19. The minimum Gasteiger partial charge on any atom is -0.490 e. The number of benzene rings is 2. The zero-order valence-electron chi connectivity index (χ0n) is 14.1. The zero-order chi connectivity index (χ0) is 18.1. The first-order valence-corrected chi connectivity index (χ1v) is 7.92. The molecule has 4 nitrogen and oxygen atoms in total. The minimum atomic E-state index is -0.629. The highest BCUT2D eigenvalue weighted by Crippen LogP contribution is 2.29. The molecule has 2 rings (SSSR count). The van der Waals surface area contributed by atoms with Gasteiger partial charge >= 0.3 is 5.97 Å². The van der Waals surface area contributed by atoms with Gasteiger partial charge < -0.3 is 9.47 Å². The summed E-state index contributed by atoms with van der Waals surface area (Å²) in [6.07, 6.45) is 1.66. The molecule has 0 saturated carbocycles. The van der Waals surface area contributed by atoms with Crippen LogP contribution in [0.15, 0.2) is 72.8 Å². The van der Waals surface area contributed by atoms with E-state index in [1.807, 2.05) is 48.5 Å². The van der Waals surface area contributed by atoms with E-state index in [-0.39, 0.29) is 12.2 Å². The SMILES string of the molecule is C=CCOc1ccc(C(=C(C#N)C(=O)OCC)c2ccccc2)cc1. The van der Waals surface area contributed by atoms with Gasteiger partial charge in [0.25, 0.3) is 0 Å². The number of nitriles is 1. The van der Waals surface area contributed by atoms with Gasteiger partial charge in [0, 0.05) is 5.57 Å². The van der Waals surface area contributed by atoms with E-state index < -0.39 is 5.97 Å². The van der Waals surface area contributed by atoms with E-state index in [2.05, 4.69) is 6.58 Å². The summed E-state index contributed by atoms with van der Waals surface area (Å²) in [5, 5.41) is 9.54. The molecule has 0 unspecified atom stereocenters. The van der Waals surface area contributed by atoms with Crippen molar-refractivity contribution in [2.24, 2.45) is 0 Å². The van der Waals surface area contributed by atoms with E-state index in [0.717, 1.165) is 11.1 Å². The van der Waals surface area contributed by atoms with Crippen molar-refractivity contribution in [3.63, 3.8) is 0 Å². The van der Waals surface area contributed by atoms with Crippen LogP contribution in [0.5, 0.6) is 5.75 Å². The molecule has 0 bridgehead atoms. The molecule has 126 valence electrons. The first-order valence-electron chi connectivity index (χ1n) is 7.92. The molecule has 0 heterocycles. The summed E-state index contributed by atoms with van der Waals surface area (Å²) >= 11 is 0. The maximum atomic E-state index is 12.2. The number of nitrogens with zero attached hydrogens (tertiary/aromatic N) is 1. The fourth-order valence-corrected chi connectivity index (χ4v) is 2.34. The highest BCUT2D eigenvalue weighted by atomic mass is 16.5. The van der Waals surface area contributed by atoms with Crippen molar-refractivity contribution in [2.45, 2.75) is 6.92 Å². The Morgan fingerprint density at radius 1 is 1.12 bits per heavy atom. The number of esters is 1. The van der Waals surface area contributed by atoms with Gasteiger partial charge in [0.2, 0.25) is 0 Å². The molecular formula is C21H19NO3. The van der Waals surface area contributed by atoms with E-state index >= 15 is 0 Å². The Morgan fingerprint density at radius 2 is 1.76 bits per heavy atom. The largest absolute Gasteiger partial charge is 0.490 e. The van der Waals surface area contributed by atoms with Crippen molar-refractivity contribution in [1.29, 1.82) is 5.26 Å². The number of rotatable bonds is 7. The first-order chi connectivity index (χ1) is 12.2. The summed E-state index contributed by atoms with van der Waals surface area (Å²) in [7, 11) is 0. The molecule has 2 aromatic carbocycles.